The molecular formula is C16H15F2N7O2. The quantitative estimate of drug-likeness (QED) is 0.573. The number of H-pyrrole nitrogens is 2. The lowest BCUT2D eigenvalue weighted by Crippen LogP contribution is -2.62. The maximum Gasteiger partial charge on any atom is 0.325 e. The van der Waals surface area contributed by atoms with E-state index in [1.54, 1.807) is 17.2 Å². The van der Waals surface area contributed by atoms with Crippen LogP contribution in [0, 0.1) is 5.41 Å². The van der Waals surface area contributed by atoms with Gasteiger partial charge in [0.1, 0.15) is 5.69 Å². The van der Waals surface area contributed by atoms with Gasteiger partial charge in [0.05, 0.1) is 23.2 Å². The van der Waals surface area contributed by atoms with E-state index in [-0.39, 0.29) is 30.9 Å². The number of rotatable bonds is 2. The van der Waals surface area contributed by atoms with Crippen LogP contribution in [0.25, 0.3) is 16.9 Å². The van der Waals surface area contributed by atoms with Gasteiger partial charge in [-0.25, -0.2) is 23.1 Å². The third-order valence-corrected chi connectivity index (χ3v) is 5.36. The highest BCUT2D eigenvalue weighted by molar-refractivity contribution is 5.75. The van der Waals surface area contributed by atoms with Gasteiger partial charge in [0.2, 0.25) is 0 Å². The lowest BCUT2D eigenvalue weighted by molar-refractivity contribution is -0.107. The molecule has 2 saturated heterocycles. The number of hydrogen-bond donors (Lipinski definition) is 3. The molecule has 27 heavy (non-hydrogen) atoms. The predicted molar refractivity (Wildman–Crippen MR) is 92.1 cm³/mol. The summed E-state index contributed by atoms with van der Waals surface area (Å²) in [6.07, 6.45) is 4.35. The van der Waals surface area contributed by atoms with Crippen LogP contribution in [0.5, 0.6) is 0 Å². The van der Waals surface area contributed by atoms with E-state index in [2.05, 4.69) is 25.4 Å². The zero-order valence-electron chi connectivity index (χ0n) is 14.0. The summed E-state index contributed by atoms with van der Waals surface area (Å²) in [6, 6.07) is 1.56. The molecule has 0 saturated carbocycles. The zero-order chi connectivity index (χ0) is 18.8. The molecule has 3 N–H and O–H groups in total. The second-order valence-corrected chi connectivity index (χ2v) is 7.04. The lowest BCUT2D eigenvalue weighted by atomic mass is 9.78. The molecule has 5 heterocycles. The van der Waals surface area contributed by atoms with Crippen molar-refractivity contribution in [3.05, 3.63) is 45.5 Å². The molecule has 3 aromatic heterocycles. The van der Waals surface area contributed by atoms with Crippen molar-refractivity contribution in [3.8, 4) is 11.3 Å². The first-order chi connectivity index (χ1) is 12.9. The van der Waals surface area contributed by atoms with Gasteiger partial charge in [0, 0.05) is 38.2 Å². The van der Waals surface area contributed by atoms with Gasteiger partial charge in [-0.15, -0.1) is 0 Å². The van der Waals surface area contributed by atoms with Gasteiger partial charge in [-0.2, -0.15) is 5.10 Å². The average molecular weight is 375 g/mol. The summed E-state index contributed by atoms with van der Waals surface area (Å²) in [7, 11) is 0. The van der Waals surface area contributed by atoms with E-state index in [1.807, 2.05) is 0 Å². The Kier molecular flexibility index (Phi) is 3.12. The largest absolute Gasteiger partial charge is 0.361 e. The Bertz CT molecular complexity index is 1160. The van der Waals surface area contributed by atoms with E-state index in [0.29, 0.717) is 11.3 Å². The summed E-state index contributed by atoms with van der Waals surface area (Å²) in [5.41, 5.74) is -1.04. The number of halogens is 2. The minimum absolute atomic E-state index is 0.137. The van der Waals surface area contributed by atoms with Crippen LogP contribution in [0.4, 0.5) is 14.5 Å². The second-order valence-electron chi connectivity index (χ2n) is 7.04. The highest BCUT2D eigenvalue weighted by atomic mass is 19.3. The predicted octanol–water partition coefficient (Wildman–Crippen LogP) is -0.182. The summed E-state index contributed by atoms with van der Waals surface area (Å²) in [5, 5.41) is 7.26. The van der Waals surface area contributed by atoms with Crippen molar-refractivity contribution in [1.29, 1.82) is 0 Å². The van der Waals surface area contributed by atoms with Crippen LogP contribution in [0.3, 0.4) is 0 Å². The number of fused-ring (bicyclic) bond motifs is 1. The van der Waals surface area contributed by atoms with Crippen molar-refractivity contribution in [3.63, 3.8) is 0 Å². The van der Waals surface area contributed by atoms with E-state index in [1.165, 1.54) is 16.9 Å². The molecule has 2 aliphatic rings. The molecule has 2 aliphatic heterocycles. The summed E-state index contributed by atoms with van der Waals surface area (Å²) < 4.78 is 30.7. The maximum atomic E-state index is 14.6. The minimum atomic E-state index is -2.83. The third-order valence-electron chi connectivity index (χ3n) is 5.36. The fourth-order valence-electron chi connectivity index (χ4n) is 3.78. The Morgan fingerprint density at radius 1 is 1.19 bits per heavy atom. The van der Waals surface area contributed by atoms with Crippen LogP contribution >= 0.6 is 0 Å². The molecule has 0 radical (unpaired) electrons. The van der Waals surface area contributed by atoms with Crippen molar-refractivity contribution >= 4 is 11.3 Å². The number of nitrogens with zero attached hydrogens (tertiary/aromatic N) is 4. The molecule has 11 heteroatoms. The molecule has 0 atom stereocenters. The number of imidazole rings is 1. The smallest absolute Gasteiger partial charge is 0.325 e. The van der Waals surface area contributed by atoms with Crippen molar-refractivity contribution in [2.45, 2.75) is 5.92 Å². The summed E-state index contributed by atoms with van der Waals surface area (Å²) in [6.45, 7) is 0.279. The Balaban J connectivity index is 1.66. The fraction of sp³-hybridized carbons (Fsp3) is 0.375. The summed E-state index contributed by atoms with van der Waals surface area (Å²) in [5.74, 6) is -2.83. The number of hydrogen-bond acceptors (Lipinski definition) is 6. The molecule has 0 aromatic carbocycles. The molecule has 3 aromatic rings. The average Bonchev–Trinajstić information content (AvgIpc) is 3.14. The molecule has 0 amide bonds. The van der Waals surface area contributed by atoms with Gasteiger partial charge in [-0.1, -0.05) is 0 Å². The summed E-state index contributed by atoms with van der Waals surface area (Å²) >= 11 is 0. The normalized spacial score (nSPS) is 20.3. The van der Waals surface area contributed by atoms with Gasteiger partial charge in [-0.05, 0) is 6.07 Å². The number of nitrogens with one attached hydrogen (secondary N) is 3. The van der Waals surface area contributed by atoms with Gasteiger partial charge in [0.15, 0.2) is 5.65 Å². The number of anilines is 1. The summed E-state index contributed by atoms with van der Waals surface area (Å²) in [4.78, 5) is 33.7. The minimum Gasteiger partial charge on any atom is -0.361 e. The number of alkyl halides is 2. The first-order valence-electron chi connectivity index (χ1n) is 8.39. The first kappa shape index (κ1) is 16.1. The van der Waals surface area contributed by atoms with E-state index in [0.717, 1.165) is 0 Å². The van der Waals surface area contributed by atoms with E-state index in [9.17, 15) is 18.4 Å². The first-order valence-corrected chi connectivity index (χ1v) is 8.39. The van der Waals surface area contributed by atoms with E-state index in [4.69, 9.17) is 0 Å². The van der Waals surface area contributed by atoms with Crippen LogP contribution in [0.2, 0.25) is 0 Å². The number of aromatic nitrogens is 5. The molecular weight excluding hydrogens is 360 g/mol. The Morgan fingerprint density at radius 3 is 2.67 bits per heavy atom. The van der Waals surface area contributed by atoms with Gasteiger partial charge < -0.3 is 15.2 Å². The van der Waals surface area contributed by atoms with Crippen LogP contribution in [0.15, 0.2) is 34.2 Å². The van der Waals surface area contributed by atoms with Gasteiger partial charge in [-0.3, -0.25) is 9.78 Å². The Labute approximate surface area is 150 Å². The van der Waals surface area contributed by atoms with Crippen LogP contribution in [-0.2, 0) is 0 Å². The van der Waals surface area contributed by atoms with Crippen LogP contribution in [0.1, 0.15) is 0 Å². The van der Waals surface area contributed by atoms with Crippen molar-refractivity contribution < 1.29 is 8.78 Å². The number of aromatic amines is 2. The van der Waals surface area contributed by atoms with E-state index < -0.39 is 29.1 Å². The monoisotopic (exact) mass is 375 g/mol. The maximum absolute atomic E-state index is 14.6. The van der Waals surface area contributed by atoms with Crippen molar-refractivity contribution in [2.75, 3.05) is 31.1 Å². The standard InChI is InChI=1S/C16H15F2N7O2/c17-16(18)8-24(7-15(16)5-19-6-15)11-3-10(23-25-2-1-20-12(11)25)9-4-21-14(27)22-13(9)26/h1-4,19H,5-8H2,(H2,21,22,26,27). The third kappa shape index (κ3) is 2.24. The molecule has 1 spiro atoms. The fourth-order valence-corrected chi connectivity index (χ4v) is 3.78. The molecule has 140 valence electrons. The molecule has 5 rings (SSSR count). The van der Waals surface area contributed by atoms with Crippen molar-refractivity contribution in [1.82, 2.24) is 29.9 Å². The Morgan fingerprint density at radius 2 is 2.00 bits per heavy atom. The molecule has 0 bridgehead atoms. The highest BCUT2D eigenvalue weighted by Gasteiger charge is 2.63. The molecule has 9 nitrogen and oxygen atoms in total. The van der Waals surface area contributed by atoms with Crippen molar-refractivity contribution in [2.24, 2.45) is 5.41 Å². The molecule has 2 fully saturated rings. The highest BCUT2D eigenvalue weighted by Crippen LogP contribution is 2.48. The van der Waals surface area contributed by atoms with Gasteiger partial charge >= 0.3 is 5.69 Å². The lowest BCUT2D eigenvalue weighted by Gasteiger charge is -2.42. The second kappa shape index (κ2) is 5.22. The van der Waals surface area contributed by atoms with Gasteiger partial charge in [0.25, 0.3) is 11.5 Å². The Hall–Kier alpha value is -3.08. The SMILES string of the molecule is O=c1[nH]cc(-c2cc(N3CC(F)(F)C4(CNC4)C3)c3nccn3n2)c(=O)[nH]1. The van der Waals surface area contributed by atoms with Crippen LogP contribution < -0.4 is 21.5 Å². The van der Waals surface area contributed by atoms with Crippen LogP contribution in [-0.4, -0.2) is 56.7 Å². The molecule has 0 unspecified atom stereocenters. The molecule has 0 aliphatic carbocycles. The van der Waals surface area contributed by atoms with E-state index >= 15 is 0 Å². The topological polar surface area (TPSA) is 111 Å². The zero-order valence-corrected chi connectivity index (χ0v) is 14.0.